The molecule has 0 amide bonds. The van der Waals surface area contributed by atoms with Gasteiger partial charge in [0.15, 0.2) is 0 Å². The Balaban J connectivity index is -0.000000845. The van der Waals surface area contributed by atoms with E-state index in [1.807, 2.05) is 0 Å². The van der Waals surface area contributed by atoms with Gasteiger partial charge in [0.05, 0.1) is 19.8 Å². The zero-order valence-electron chi connectivity index (χ0n) is 82.1. The molecule has 0 aromatic carbocycles. The van der Waals surface area contributed by atoms with Gasteiger partial charge in [-0.2, -0.15) is 0 Å². The molecule has 3 atom stereocenters. The second kappa shape index (κ2) is 113. The molecule has 0 spiro atoms. The predicted molar refractivity (Wildman–Crippen MR) is 532 cm³/mol. The van der Waals surface area contributed by atoms with E-state index in [-0.39, 0.29) is 59.3 Å². The Labute approximate surface area is 791 Å². The molecule has 3 unspecified atom stereocenters. The fraction of sp³-hybridized carbons (Fsp3) is 0.889. The van der Waals surface area contributed by atoms with Crippen LogP contribution >= 0.6 is 22.8 Å². The minimum Gasteiger partial charge on any atom is -0.778 e. The summed E-state index contributed by atoms with van der Waals surface area (Å²) >= 11 is 0. The van der Waals surface area contributed by atoms with Crippen LogP contribution in [0, 0.1) is 40.8 Å². The van der Waals surface area contributed by atoms with Gasteiger partial charge in [-0.1, -0.05) is 461 Å². The van der Waals surface area contributed by atoms with Crippen LogP contribution in [0.4, 0.5) is 0 Å². The Morgan fingerprint density at radius 3 is 0.380 bits per heavy atom. The summed E-state index contributed by atoms with van der Waals surface area (Å²) in [7, 11) is -10.9. The Bertz CT molecular complexity index is 2010. The molecule has 0 aliphatic rings. The molecule has 0 saturated carbocycles. The predicted octanol–water partition coefficient (Wildman–Crippen LogP) is 37.9. The van der Waals surface area contributed by atoms with Crippen LogP contribution in [0.5, 0.6) is 0 Å². The summed E-state index contributed by atoms with van der Waals surface area (Å²) in [5.41, 5.74) is 0. The molecule has 0 heterocycles. The largest absolute Gasteiger partial charge is 3.00 e. The first kappa shape index (κ1) is 128. The third kappa shape index (κ3) is 122. The van der Waals surface area contributed by atoms with Crippen LogP contribution in [-0.2, 0) is 27.3 Å². The normalized spacial score (nSPS) is 13.5. The van der Waals surface area contributed by atoms with Crippen molar-refractivity contribution in [2.75, 3.05) is 38.3 Å². The summed E-state index contributed by atoms with van der Waals surface area (Å²) in [5, 5.41) is 0. The molecule has 0 aromatic heterocycles. The summed E-state index contributed by atoms with van der Waals surface area (Å²) in [6.45, 7) is 14.7. The first-order chi connectivity index (χ1) is 58.9. The smallest absolute Gasteiger partial charge is 0.778 e. The zero-order valence-corrected chi connectivity index (χ0v) is 88.0. The van der Waals surface area contributed by atoms with E-state index in [1.54, 1.807) is 0 Å². The standard InChI is InChI=1S/3C36H71O3P.Nd/c3*1-3-5-7-9-11-13-15-17-19-21-23-25-27-29-31-33-35-39-40(37,38)36-34-32-30-28-26-24-22-20-18-16-14-12-10-8-6-4-2;/h3*17-20H,3-16,21-36H2,1-2H3,(H,37,38);/q;;;+3/p-3/b3*19-17-,20-18-;. The number of unbranched alkanes of at least 4 members (excludes halogenated alkanes) is 72. The maximum Gasteiger partial charge on any atom is 3.00 e. The van der Waals surface area contributed by atoms with Crippen molar-refractivity contribution in [3.63, 3.8) is 0 Å². The van der Waals surface area contributed by atoms with Gasteiger partial charge in [0.25, 0.3) is 0 Å². The Morgan fingerprint density at radius 2 is 0.256 bits per heavy atom. The van der Waals surface area contributed by atoms with Crippen molar-refractivity contribution in [2.45, 2.75) is 581 Å². The van der Waals surface area contributed by atoms with Crippen molar-refractivity contribution < 1.29 is 82.8 Å². The molecule has 0 aliphatic carbocycles. The van der Waals surface area contributed by atoms with Crippen LogP contribution in [0.2, 0.25) is 0 Å². The van der Waals surface area contributed by atoms with Gasteiger partial charge in [-0.3, -0.25) is 0 Å². The average Bonchev–Trinajstić information content (AvgIpc) is 0.951. The van der Waals surface area contributed by atoms with Crippen molar-refractivity contribution in [3.05, 3.63) is 72.9 Å². The minimum absolute atomic E-state index is 0. The molecular weight excluding hydrogens is 1680 g/mol. The summed E-state index contributed by atoms with van der Waals surface area (Å²) in [6, 6.07) is 0. The van der Waals surface area contributed by atoms with Crippen molar-refractivity contribution in [3.8, 4) is 0 Å². The monoisotopic (exact) mass is 1890 g/mol. The molecule has 0 bridgehead atoms. The third-order valence-corrected chi connectivity index (χ3v) is 28.0. The van der Waals surface area contributed by atoms with E-state index in [2.05, 4.69) is 114 Å². The number of hydrogen-bond acceptors (Lipinski definition) is 9. The van der Waals surface area contributed by atoms with E-state index in [1.165, 1.54) is 443 Å². The number of hydrogen-bond donors (Lipinski definition) is 0. The Kier molecular flexibility index (Phi) is 119. The maximum absolute atomic E-state index is 12.1. The zero-order chi connectivity index (χ0) is 87.7. The maximum atomic E-state index is 12.1. The summed E-state index contributed by atoms with van der Waals surface area (Å²) in [6.07, 6.45) is 134. The molecule has 9 nitrogen and oxygen atoms in total. The topological polar surface area (TPSA) is 148 Å². The van der Waals surface area contributed by atoms with Gasteiger partial charge in [-0.05, 0) is 193 Å². The van der Waals surface area contributed by atoms with Crippen LogP contribution in [0.15, 0.2) is 72.9 Å². The van der Waals surface area contributed by atoms with E-state index < -0.39 is 22.8 Å². The van der Waals surface area contributed by atoms with Gasteiger partial charge in [0, 0.05) is 18.5 Å². The van der Waals surface area contributed by atoms with Gasteiger partial charge < -0.3 is 41.9 Å². The average molecular weight is 1890 g/mol. The molecule has 121 heavy (non-hydrogen) atoms. The molecular formula is C108H210NdO9P3. The Hall–Kier alpha value is 0.241. The van der Waals surface area contributed by atoms with Crippen molar-refractivity contribution in [1.29, 1.82) is 0 Å². The fourth-order valence-electron chi connectivity index (χ4n) is 15.5. The van der Waals surface area contributed by atoms with Gasteiger partial charge in [0.2, 0.25) is 0 Å². The molecule has 0 rings (SSSR count). The van der Waals surface area contributed by atoms with Crippen LogP contribution in [-0.4, -0.2) is 38.3 Å². The third-order valence-electron chi connectivity index (χ3n) is 23.7. The van der Waals surface area contributed by atoms with Crippen LogP contribution < -0.4 is 14.7 Å². The number of rotatable bonds is 99. The van der Waals surface area contributed by atoms with Gasteiger partial charge in [0.1, 0.15) is 22.8 Å². The van der Waals surface area contributed by atoms with Crippen molar-refractivity contribution >= 4 is 22.8 Å². The minimum atomic E-state index is -3.64. The van der Waals surface area contributed by atoms with E-state index >= 15 is 0 Å². The van der Waals surface area contributed by atoms with E-state index in [9.17, 15) is 28.4 Å². The molecule has 0 saturated heterocycles. The summed E-state index contributed by atoms with van der Waals surface area (Å²) < 4.78 is 52.2. The molecule has 0 fully saturated rings. The fourth-order valence-corrected chi connectivity index (χ4v) is 19.0. The SMILES string of the molecule is CCCCCCCC/C=C\CCCCCCCCOP(=O)([O-])CCCCCCCC/C=C\CCCCCCCC.CCCCCCCC/C=C\CCCCCCCCOP(=O)([O-])CCCCCCCC/C=C\CCCCCCCC.CCCCCCCC/C=C\CCCCCCCCOP(=O)([O-])CCCCCCCC/C=C\CCCCCCCC.[Nd+3]. The molecule has 715 valence electrons. The molecule has 0 aromatic rings. The number of allylic oxidation sites excluding steroid dienone is 12. The van der Waals surface area contributed by atoms with Gasteiger partial charge in [-0.15, -0.1) is 0 Å². The summed E-state index contributed by atoms with van der Waals surface area (Å²) in [4.78, 5) is 36.4. The second-order valence-corrected chi connectivity index (χ2v) is 41.9. The molecule has 0 N–H and O–H groups in total. The molecule has 0 aliphatic heterocycles. The van der Waals surface area contributed by atoms with Gasteiger partial charge in [-0.25, -0.2) is 0 Å². The van der Waals surface area contributed by atoms with E-state index in [0.717, 1.165) is 96.3 Å². The van der Waals surface area contributed by atoms with Gasteiger partial charge >= 0.3 is 40.8 Å². The van der Waals surface area contributed by atoms with E-state index in [0.29, 0.717) is 19.8 Å². The van der Waals surface area contributed by atoms with Crippen molar-refractivity contribution in [1.82, 2.24) is 0 Å². The second-order valence-electron chi connectivity index (χ2n) is 36.1. The van der Waals surface area contributed by atoms with Crippen molar-refractivity contribution in [2.24, 2.45) is 0 Å². The van der Waals surface area contributed by atoms with Crippen LogP contribution in [0.1, 0.15) is 581 Å². The van der Waals surface area contributed by atoms with E-state index in [4.69, 9.17) is 13.6 Å². The van der Waals surface area contributed by atoms with Crippen LogP contribution in [0.3, 0.4) is 0 Å². The van der Waals surface area contributed by atoms with Crippen LogP contribution in [0.25, 0.3) is 0 Å². The quantitative estimate of drug-likeness (QED) is 0.0330. The first-order valence-electron chi connectivity index (χ1n) is 53.6. The molecule has 13 heteroatoms. The Morgan fingerprint density at radius 1 is 0.157 bits per heavy atom. The first-order valence-corrected chi connectivity index (χ1v) is 58.8. The summed E-state index contributed by atoms with van der Waals surface area (Å²) in [5.74, 6) is 0. The molecule has 1 radical (unpaired) electrons.